The van der Waals surface area contributed by atoms with E-state index in [2.05, 4.69) is 44.0 Å². The summed E-state index contributed by atoms with van der Waals surface area (Å²) >= 11 is 0. The Kier molecular flexibility index (Phi) is 6.41. The van der Waals surface area contributed by atoms with Gasteiger partial charge in [0.15, 0.2) is 0 Å². The van der Waals surface area contributed by atoms with Crippen LogP contribution in [0.3, 0.4) is 0 Å². The molecule has 41 heavy (non-hydrogen) atoms. The molecular weight excluding hydrogens is 516 g/mol. The van der Waals surface area contributed by atoms with E-state index in [0.717, 1.165) is 74.9 Å². The number of amides is 1. The molecule has 1 spiro atoms. The summed E-state index contributed by atoms with van der Waals surface area (Å²) in [5.41, 5.74) is 2.88. The Balaban J connectivity index is 1.04. The Labute approximate surface area is 238 Å². The molecule has 3 aliphatic rings. The molecule has 4 heterocycles. The van der Waals surface area contributed by atoms with Gasteiger partial charge in [-0.15, -0.1) is 0 Å². The number of nitrogens with zero attached hydrogens (tertiary/aromatic N) is 3. The Hall–Kier alpha value is -4.33. The third-order valence-electron chi connectivity index (χ3n) is 9.37. The van der Waals surface area contributed by atoms with Crippen LogP contribution in [-0.2, 0) is 4.79 Å². The quantitative estimate of drug-likeness (QED) is 0.258. The molecule has 0 radical (unpaired) electrons. The first-order valence-electron chi connectivity index (χ1n) is 14.6. The van der Waals surface area contributed by atoms with Crippen molar-refractivity contribution >= 4 is 28.6 Å². The fraction of sp³-hybridized carbons (Fsp3) is 0.364. The predicted octanol–water partition coefficient (Wildman–Crippen LogP) is 6.41. The molecule has 2 saturated heterocycles. The minimum absolute atomic E-state index is 0.113. The van der Waals surface area contributed by atoms with Gasteiger partial charge in [-0.2, -0.15) is 0 Å². The number of β-lactam (4-membered cyclic amide) rings is 1. The molecule has 2 aliphatic heterocycles. The van der Waals surface area contributed by atoms with Gasteiger partial charge >= 0.3 is 5.97 Å². The number of aromatic carboxylic acids is 1. The van der Waals surface area contributed by atoms with E-state index in [4.69, 9.17) is 4.74 Å². The molecule has 210 valence electrons. The lowest BCUT2D eigenvalue weighted by molar-refractivity contribution is -0.174. The van der Waals surface area contributed by atoms with Crippen LogP contribution in [0.15, 0.2) is 73.1 Å². The summed E-state index contributed by atoms with van der Waals surface area (Å²) in [5.74, 6) is 0.543. The van der Waals surface area contributed by atoms with Crippen molar-refractivity contribution in [1.82, 2.24) is 14.9 Å². The summed E-state index contributed by atoms with van der Waals surface area (Å²) in [6.45, 7) is 2.49. The number of aromatic nitrogens is 2. The Morgan fingerprint density at radius 2 is 1.83 bits per heavy atom. The summed E-state index contributed by atoms with van der Waals surface area (Å²) in [7, 11) is 0. The van der Waals surface area contributed by atoms with Crippen LogP contribution >= 0.6 is 0 Å². The van der Waals surface area contributed by atoms with E-state index >= 15 is 0 Å². The Morgan fingerprint density at radius 1 is 1.05 bits per heavy atom. The summed E-state index contributed by atoms with van der Waals surface area (Å²) in [6.07, 6.45) is 9.65. The number of pyridine rings is 1. The number of ether oxygens (including phenoxy) is 1. The molecule has 4 aromatic rings. The number of fused-ring (bicyclic) bond motifs is 1. The fourth-order valence-electron chi connectivity index (χ4n) is 7.29. The van der Waals surface area contributed by atoms with Crippen molar-refractivity contribution in [3.63, 3.8) is 0 Å². The van der Waals surface area contributed by atoms with E-state index in [1.54, 1.807) is 18.5 Å². The van der Waals surface area contributed by atoms with Crippen LogP contribution in [-0.4, -0.2) is 51.5 Å². The van der Waals surface area contributed by atoms with E-state index < -0.39 is 5.97 Å². The molecule has 1 atom stereocenters. The number of rotatable bonds is 7. The fourth-order valence-corrected chi connectivity index (χ4v) is 7.29. The highest BCUT2D eigenvalue weighted by atomic mass is 16.5. The van der Waals surface area contributed by atoms with Gasteiger partial charge in [0, 0.05) is 43.0 Å². The topological polar surface area (TPSA) is 98.8 Å². The molecule has 1 unspecified atom stereocenters. The highest BCUT2D eigenvalue weighted by molar-refractivity contribution is 5.92. The summed E-state index contributed by atoms with van der Waals surface area (Å²) in [4.78, 5) is 37.3. The van der Waals surface area contributed by atoms with Crippen molar-refractivity contribution in [3.8, 4) is 11.5 Å². The number of carbonyl (C=O) groups is 2. The molecule has 2 aromatic heterocycles. The van der Waals surface area contributed by atoms with Crippen LogP contribution in [0.1, 0.15) is 60.5 Å². The lowest BCUT2D eigenvalue weighted by atomic mass is 9.66. The van der Waals surface area contributed by atoms with Gasteiger partial charge in [-0.1, -0.05) is 43.2 Å². The summed E-state index contributed by atoms with van der Waals surface area (Å²) in [5, 5.41) is 10.7. The monoisotopic (exact) mass is 550 g/mol. The first-order valence-corrected chi connectivity index (χ1v) is 14.6. The van der Waals surface area contributed by atoms with Gasteiger partial charge in [0.2, 0.25) is 5.91 Å². The molecule has 0 bridgehead atoms. The number of hydrogen-bond donors (Lipinski definition) is 2. The average molecular weight is 551 g/mol. The van der Waals surface area contributed by atoms with Gasteiger partial charge in [-0.25, -0.2) is 9.78 Å². The second kappa shape index (κ2) is 10.3. The molecule has 8 heteroatoms. The smallest absolute Gasteiger partial charge is 0.339 e. The van der Waals surface area contributed by atoms with Crippen LogP contribution in [0.5, 0.6) is 11.5 Å². The van der Waals surface area contributed by atoms with Crippen LogP contribution in [0.25, 0.3) is 11.0 Å². The van der Waals surface area contributed by atoms with Gasteiger partial charge < -0.3 is 24.6 Å². The van der Waals surface area contributed by atoms with Gasteiger partial charge in [0.25, 0.3) is 0 Å². The van der Waals surface area contributed by atoms with Crippen LogP contribution < -0.4 is 9.64 Å². The van der Waals surface area contributed by atoms with E-state index in [9.17, 15) is 14.7 Å². The van der Waals surface area contributed by atoms with Gasteiger partial charge in [0.05, 0.1) is 17.7 Å². The van der Waals surface area contributed by atoms with Gasteiger partial charge in [-0.3, -0.25) is 4.79 Å². The number of carbonyl (C=O) groups excluding carboxylic acids is 1. The van der Waals surface area contributed by atoms with E-state index in [1.807, 2.05) is 30.3 Å². The first kappa shape index (κ1) is 25.6. The SMILES string of the molecule is O=C(O)c1ccc(N2CCC(CN3C(=O)C4(CCCC4)C3c3ccccc3)CC2)cc1Oc1cnc2[nH]ccc2c1. The van der Waals surface area contributed by atoms with E-state index in [-0.39, 0.29) is 17.0 Å². The second-order valence-electron chi connectivity index (χ2n) is 11.7. The molecule has 7 rings (SSSR count). The average Bonchev–Trinajstić information content (AvgIpc) is 3.69. The number of anilines is 1. The number of hydrogen-bond acceptors (Lipinski definition) is 5. The normalized spacial score (nSPS) is 20.5. The molecule has 1 amide bonds. The van der Waals surface area contributed by atoms with Gasteiger partial charge in [0.1, 0.15) is 22.7 Å². The number of likely N-dealkylation sites (tertiary alicyclic amines) is 1. The highest BCUT2D eigenvalue weighted by Crippen LogP contribution is 2.59. The molecule has 1 aliphatic carbocycles. The maximum Gasteiger partial charge on any atom is 0.339 e. The van der Waals surface area contributed by atoms with E-state index in [0.29, 0.717) is 23.3 Å². The number of carboxylic acid groups (broad SMARTS) is 1. The number of piperidine rings is 1. The maximum absolute atomic E-state index is 13.5. The number of carboxylic acids is 1. The van der Waals surface area contributed by atoms with Crippen molar-refractivity contribution in [1.29, 1.82) is 0 Å². The highest BCUT2D eigenvalue weighted by Gasteiger charge is 2.61. The Morgan fingerprint density at radius 3 is 2.59 bits per heavy atom. The van der Waals surface area contributed by atoms with Crippen LogP contribution in [0, 0.1) is 11.3 Å². The Bertz CT molecular complexity index is 1590. The van der Waals surface area contributed by atoms with Crippen molar-refractivity contribution in [2.75, 3.05) is 24.5 Å². The molecule has 2 N–H and O–H groups in total. The van der Waals surface area contributed by atoms with Crippen molar-refractivity contribution in [2.45, 2.75) is 44.6 Å². The minimum atomic E-state index is -1.03. The van der Waals surface area contributed by atoms with Gasteiger partial charge in [-0.05, 0) is 61.4 Å². The molecule has 1 saturated carbocycles. The minimum Gasteiger partial charge on any atom is -0.478 e. The first-order chi connectivity index (χ1) is 20.0. The number of benzene rings is 2. The molecule has 2 aromatic carbocycles. The van der Waals surface area contributed by atoms with Crippen LogP contribution in [0.2, 0.25) is 0 Å². The summed E-state index contributed by atoms with van der Waals surface area (Å²) < 4.78 is 6.06. The zero-order chi connectivity index (χ0) is 28.0. The number of aromatic amines is 1. The van der Waals surface area contributed by atoms with Crippen molar-refractivity contribution in [3.05, 3.63) is 84.2 Å². The third-order valence-corrected chi connectivity index (χ3v) is 9.37. The number of H-pyrrole nitrogens is 1. The molecular formula is C33H34N4O4. The van der Waals surface area contributed by atoms with Crippen molar-refractivity contribution < 1.29 is 19.4 Å². The molecule has 3 fully saturated rings. The largest absolute Gasteiger partial charge is 0.478 e. The standard InChI is InChI=1S/C33H34N4O4/c38-31(39)27-9-8-25(19-28(27)41-26-18-24-10-15-34-30(24)35-20-26)36-16-11-22(12-17-36)21-37-29(23-6-2-1-3-7-23)33(32(37)40)13-4-5-14-33/h1-3,6-10,15,18-20,22,29H,4-5,11-14,16-17,21H2,(H,34,35)(H,38,39). The predicted molar refractivity (Wildman–Crippen MR) is 156 cm³/mol. The zero-order valence-electron chi connectivity index (χ0n) is 23.0. The lowest BCUT2D eigenvalue weighted by Crippen LogP contribution is -2.63. The summed E-state index contributed by atoms with van der Waals surface area (Å²) in [6, 6.07) is 19.8. The van der Waals surface area contributed by atoms with Crippen LogP contribution in [0.4, 0.5) is 5.69 Å². The third kappa shape index (κ3) is 4.51. The zero-order valence-corrected chi connectivity index (χ0v) is 23.0. The van der Waals surface area contributed by atoms with E-state index in [1.165, 1.54) is 5.56 Å². The van der Waals surface area contributed by atoms with Crippen molar-refractivity contribution in [2.24, 2.45) is 11.3 Å². The second-order valence-corrected chi connectivity index (χ2v) is 11.7. The maximum atomic E-state index is 13.5. The lowest BCUT2D eigenvalue weighted by Gasteiger charge is -2.56. The number of nitrogens with one attached hydrogen (secondary N) is 1. The molecule has 8 nitrogen and oxygen atoms in total.